The quantitative estimate of drug-likeness (QED) is 0.694. The van der Waals surface area contributed by atoms with E-state index in [9.17, 15) is 0 Å². The van der Waals surface area contributed by atoms with E-state index in [4.69, 9.17) is 9.47 Å². The standard InChI is InChI=1S/C16H25NO2/c1-13(5-4-10-17-15-8-9-15)19-12-14-6-3-7-16(11-14)18-2/h3,6-7,11,13,15,17H,4-5,8-10,12H2,1-2H3. The van der Waals surface area contributed by atoms with E-state index in [1.807, 2.05) is 18.2 Å². The maximum Gasteiger partial charge on any atom is 0.119 e. The van der Waals surface area contributed by atoms with Gasteiger partial charge in [-0.2, -0.15) is 0 Å². The van der Waals surface area contributed by atoms with Crippen LogP contribution >= 0.6 is 0 Å². The van der Waals surface area contributed by atoms with Gasteiger partial charge in [-0.05, 0) is 56.8 Å². The molecule has 19 heavy (non-hydrogen) atoms. The van der Waals surface area contributed by atoms with Crippen LogP contribution in [0.5, 0.6) is 5.75 Å². The van der Waals surface area contributed by atoms with Crippen molar-refractivity contribution in [2.75, 3.05) is 13.7 Å². The van der Waals surface area contributed by atoms with Crippen LogP contribution in [0, 0.1) is 0 Å². The molecule has 1 aliphatic carbocycles. The molecule has 0 heterocycles. The molecule has 1 aromatic rings. The number of methoxy groups -OCH3 is 1. The molecule has 3 nitrogen and oxygen atoms in total. The molecule has 2 rings (SSSR count). The number of ether oxygens (including phenoxy) is 2. The second-order valence-electron chi connectivity index (χ2n) is 5.34. The van der Waals surface area contributed by atoms with Crippen molar-refractivity contribution >= 4 is 0 Å². The first-order chi connectivity index (χ1) is 9.28. The number of hydrogen-bond acceptors (Lipinski definition) is 3. The zero-order valence-corrected chi connectivity index (χ0v) is 12.0. The fourth-order valence-electron chi connectivity index (χ4n) is 2.07. The lowest BCUT2D eigenvalue weighted by Gasteiger charge is -2.13. The Labute approximate surface area is 116 Å². The van der Waals surface area contributed by atoms with Gasteiger partial charge < -0.3 is 14.8 Å². The van der Waals surface area contributed by atoms with Crippen molar-refractivity contribution < 1.29 is 9.47 Å². The van der Waals surface area contributed by atoms with E-state index in [2.05, 4.69) is 18.3 Å². The Morgan fingerprint density at radius 2 is 2.21 bits per heavy atom. The Balaban J connectivity index is 1.59. The first-order valence-electron chi connectivity index (χ1n) is 7.26. The summed E-state index contributed by atoms with van der Waals surface area (Å²) in [5.41, 5.74) is 1.17. The zero-order valence-electron chi connectivity index (χ0n) is 12.0. The highest BCUT2D eigenvalue weighted by Gasteiger charge is 2.19. The minimum absolute atomic E-state index is 0.312. The molecule has 0 saturated heterocycles. The second kappa shape index (κ2) is 7.51. The van der Waals surface area contributed by atoms with Crippen LogP contribution in [0.1, 0.15) is 38.2 Å². The molecular weight excluding hydrogens is 238 g/mol. The fourth-order valence-corrected chi connectivity index (χ4v) is 2.07. The summed E-state index contributed by atoms with van der Waals surface area (Å²) in [6, 6.07) is 8.87. The summed E-state index contributed by atoms with van der Waals surface area (Å²) in [6.45, 7) is 3.93. The minimum Gasteiger partial charge on any atom is -0.497 e. The van der Waals surface area contributed by atoms with Crippen molar-refractivity contribution in [2.45, 2.75) is 51.4 Å². The molecule has 3 heteroatoms. The third kappa shape index (κ3) is 5.62. The zero-order chi connectivity index (χ0) is 13.5. The predicted molar refractivity (Wildman–Crippen MR) is 77.5 cm³/mol. The van der Waals surface area contributed by atoms with Crippen molar-refractivity contribution in [1.82, 2.24) is 5.32 Å². The Kier molecular flexibility index (Phi) is 5.67. The summed E-state index contributed by atoms with van der Waals surface area (Å²) in [7, 11) is 1.69. The van der Waals surface area contributed by atoms with Gasteiger partial charge in [0.2, 0.25) is 0 Å². The van der Waals surface area contributed by atoms with E-state index in [0.29, 0.717) is 12.7 Å². The summed E-state index contributed by atoms with van der Waals surface area (Å²) >= 11 is 0. The highest BCUT2D eigenvalue weighted by molar-refractivity contribution is 5.27. The van der Waals surface area contributed by atoms with Crippen LogP contribution in [0.15, 0.2) is 24.3 Å². The van der Waals surface area contributed by atoms with Crippen LogP contribution in [-0.2, 0) is 11.3 Å². The highest BCUT2D eigenvalue weighted by Crippen LogP contribution is 2.18. The predicted octanol–water partition coefficient (Wildman–Crippen LogP) is 3.13. The molecule has 0 bridgehead atoms. The Hall–Kier alpha value is -1.06. The number of benzene rings is 1. The van der Waals surface area contributed by atoms with Crippen molar-refractivity contribution in [3.05, 3.63) is 29.8 Å². The molecular formula is C16H25NO2. The van der Waals surface area contributed by atoms with Crippen LogP contribution in [0.2, 0.25) is 0 Å². The summed E-state index contributed by atoms with van der Waals surface area (Å²) in [4.78, 5) is 0. The molecule has 0 amide bonds. The van der Waals surface area contributed by atoms with E-state index in [-0.39, 0.29) is 0 Å². The maximum atomic E-state index is 5.87. The summed E-state index contributed by atoms with van der Waals surface area (Å²) in [5.74, 6) is 0.891. The Bertz CT molecular complexity index is 377. The summed E-state index contributed by atoms with van der Waals surface area (Å²) < 4.78 is 11.1. The largest absolute Gasteiger partial charge is 0.497 e. The van der Waals surface area contributed by atoms with Gasteiger partial charge in [-0.1, -0.05) is 12.1 Å². The molecule has 1 saturated carbocycles. The van der Waals surface area contributed by atoms with Gasteiger partial charge in [0.15, 0.2) is 0 Å². The van der Waals surface area contributed by atoms with E-state index < -0.39 is 0 Å². The second-order valence-corrected chi connectivity index (χ2v) is 5.34. The summed E-state index contributed by atoms with van der Waals surface area (Å²) in [6.07, 6.45) is 5.34. The van der Waals surface area contributed by atoms with Gasteiger partial charge in [0, 0.05) is 6.04 Å². The average Bonchev–Trinajstić information content (AvgIpc) is 3.26. The molecule has 1 unspecified atom stereocenters. The fraction of sp³-hybridized carbons (Fsp3) is 0.625. The Morgan fingerprint density at radius 3 is 2.95 bits per heavy atom. The van der Waals surface area contributed by atoms with Gasteiger partial charge in [-0.15, -0.1) is 0 Å². The number of rotatable bonds is 9. The molecule has 0 aliphatic heterocycles. The number of nitrogens with one attached hydrogen (secondary N) is 1. The van der Waals surface area contributed by atoms with Crippen LogP contribution in [0.3, 0.4) is 0 Å². The monoisotopic (exact) mass is 263 g/mol. The lowest BCUT2D eigenvalue weighted by molar-refractivity contribution is 0.0463. The highest BCUT2D eigenvalue weighted by atomic mass is 16.5. The van der Waals surface area contributed by atoms with Crippen LogP contribution in [0.4, 0.5) is 0 Å². The smallest absolute Gasteiger partial charge is 0.119 e. The SMILES string of the molecule is COc1cccc(COC(C)CCCNC2CC2)c1. The molecule has 1 N–H and O–H groups in total. The molecule has 1 aromatic carbocycles. The lowest BCUT2D eigenvalue weighted by Crippen LogP contribution is -2.19. The van der Waals surface area contributed by atoms with Gasteiger partial charge >= 0.3 is 0 Å². The first kappa shape index (κ1) is 14.4. The van der Waals surface area contributed by atoms with E-state index in [1.54, 1.807) is 7.11 Å². The molecule has 1 aliphatic rings. The van der Waals surface area contributed by atoms with Gasteiger partial charge in [-0.3, -0.25) is 0 Å². The molecule has 0 radical (unpaired) electrons. The van der Waals surface area contributed by atoms with Crippen molar-refractivity contribution in [3.8, 4) is 5.75 Å². The van der Waals surface area contributed by atoms with Crippen molar-refractivity contribution in [1.29, 1.82) is 0 Å². The van der Waals surface area contributed by atoms with Crippen LogP contribution < -0.4 is 10.1 Å². The minimum atomic E-state index is 0.312. The molecule has 1 fully saturated rings. The lowest BCUT2D eigenvalue weighted by atomic mass is 10.2. The molecule has 106 valence electrons. The van der Waals surface area contributed by atoms with Gasteiger partial charge in [0.1, 0.15) is 5.75 Å². The summed E-state index contributed by atoms with van der Waals surface area (Å²) in [5, 5.41) is 3.53. The van der Waals surface area contributed by atoms with Crippen LogP contribution in [-0.4, -0.2) is 25.8 Å². The van der Waals surface area contributed by atoms with E-state index in [0.717, 1.165) is 24.8 Å². The van der Waals surface area contributed by atoms with Crippen molar-refractivity contribution in [2.24, 2.45) is 0 Å². The van der Waals surface area contributed by atoms with Gasteiger partial charge in [-0.25, -0.2) is 0 Å². The molecule has 0 spiro atoms. The van der Waals surface area contributed by atoms with Gasteiger partial charge in [0.05, 0.1) is 19.8 Å². The third-order valence-corrected chi connectivity index (χ3v) is 3.47. The van der Waals surface area contributed by atoms with Gasteiger partial charge in [0.25, 0.3) is 0 Å². The topological polar surface area (TPSA) is 30.5 Å². The van der Waals surface area contributed by atoms with E-state index >= 15 is 0 Å². The van der Waals surface area contributed by atoms with E-state index in [1.165, 1.54) is 24.8 Å². The third-order valence-electron chi connectivity index (χ3n) is 3.47. The van der Waals surface area contributed by atoms with Crippen LogP contribution in [0.25, 0.3) is 0 Å². The number of hydrogen-bond donors (Lipinski definition) is 1. The maximum absolute atomic E-state index is 5.87. The molecule has 0 aromatic heterocycles. The first-order valence-corrected chi connectivity index (χ1v) is 7.26. The van der Waals surface area contributed by atoms with Crippen molar-refractivity contribution in [3.63, 3.8) is 0 Å². The average molecular weight is 263 g/mol. The molecule has 1 atom stereocenters. The normalized spacial score (nSPS) is 16.3. The Morgan fingerprint density at radius 1 is 1.37 bits per heavy atom.